The first-order valence-electron chi connectivity index (χ1n) is 33.2. The van der Waals surface area contributed by atoms with Gasteiger partial charge in [0.15, 0.2) is 6.10 Å². The molecule has 0 aliphatic carbocycles. The van der Waals surface area contributed by atoms with Gasteiger partial charge in [0.25, 0.3) is 0 Å². The van der Waals surface area contributed by atoms with Gasteiger partial charge in [-0.3, -0.25) is 32.5 Å². The second kappa shape index (κ2) is 62.4. The van der Waals surface area contributed by atoms with E-state index >= 15 is 0 Å². The number of allylic oxidation sites excluding steroid dienone is 18. The molecule has 0 fully saturated rings. The maximum atomic E-state index is 12.9. The van der Waals surface area contributed by atoms with Gasteiger partial charge >= 0.3 is 33.6 Å². The average molecular weight is 1270 g/mol. The van der Waals surface area contributed by atoms with Crippen molar-refractivity contribution in [3.05, 3.63) is 109 Å². The third-order valence-electron chi connectivity index (χ3n) is 13.5. The quantitative estimate of drug-likeness (QED) is 0.0146. The van der Waals surface area contributed by atoms with E-state index in [9.17, 15) is 43.5 Å². The van der Waals surface area contributed by atoms with Crippen molar-refractivity contribution in [2.75, 3.05) is 39.6 Å². The van der Waals surface area contributed by atoms with Crippen molar-refractivity contribution in [1.29, 1.82) is 0 Å². The molecule has 0 rings (SSSR count). The minimum atomic E-state index is -4.93. The molecular weight excluding hydrogens is 1150 g/mol. The molecule has 16 nitrogen and oxygen atoms in total. The summed E-state index contributed by atoms with van der Waals surface area (Å²) in [6, 6.07) is 0. The molecule has 0 saturated carbocycles. The van der Waals surface area contributed by atoms with Gasteiger partial charge in [-0.2, -0.15) is 0 Å². The molecule has 4 N–H and O–H groups in total. The first kappa shape index (κ1) is 83.2. The van der Waals surface area contributed by atoms with Gasteiger partial charge in [0.05, 0.1) is 26.4 Å². The van der Waals surface area contributed by atoms with E-state index in [2.05, 4.69) is 130 Å². The van der Waals surface area contributed by atoms with E-state index in [1.165, 1.54) is 44.9 Å². The highest BCUT2D eigenvalue weighted by atomic mass is 31.2. The largest absolute Gasteiger partial charge is 0.472 e. The van der Waals surface area contributed by atoms with E-state index in [1.54, 1.807) is 0 Å². The summed E-state index contributed by atoms with van der Waals surface area (Å²) in [7, 11) is -9.79. The Hall–Kier alpha value is -3.79. The van der Waals surface area contributed by atoms with Crippen molar-refractivity contribution in [2.24, 2.45) is 0 Å². The van der Waals surface area contributed by atoms with Gasteiger partial charge in [0.2, 0.25) is 0 Å². The Balaban J connectivity index is 4.73. The predicted molar refractivity (Wildman–Crippen MR) is 353 cm³/mol. The maximum Gasteiger partial charge on any atom is 0.472 e. The molecular formula is C69H118O16P2. The van der Waals surface area contributed by atoms with E-state index in [-0.39, 0.29) is 19.3 Å². The van der Waals surface area contributed by atoms with Crippen LogP contribution in [-0.4, -0.2) is 95.9 Å². The molecule has 500 valence electrons. The number of carbonyl (C=O) groups is 3. The Morgan fingerprint density at radius 3 is 0.966 bits per heavy atom. The van der Waals surface area contributed by atoms with Gasteiger partial charge in [0, 0.05) is 19.3 Å². The van der Waals surface area contributed by atoms with Crippen LogP contribution in [0.2, 0.25) is 0 Å². The molecule has 0 bridgehead atoms. The van der Waals surface area contributed by atoms with E-state index < -0.39 is 91.5 Å². The summed E-state index contributed by atoms with van der Waals surface area (Å²) in [5.74, 6) is -1.63. The fraction of sp³-hybridized carbons (Fsp3) is 0.696. The van der Waals surface area contributed by atoms with Crippen LogP contribution >= 0.6 is 15.6 Å². The van der Waals surface area contributed by atoms with Crippen LogP contribution in [0.5, 0.6) is 0 Å². The standard InChI is InChI=1S/C69H118O16P2/c1-4-7-10-13-16-19-22-25-28-30-31-33-36-37-40-43-46-49-52-55-67(72)79-58-64(70)59-81-86(75,76)82-60-65(71)61-83-87(77,78)84-63-66(85-69(74)57-54-51-48-45-42-39-34-27-24-21-18-15-12-9-6-3)62-80-68(73)56-53-50-47-44-41-38-35-32-29-26-23-20-17-14-11-8-5-2/h8,11,16-21,25-29,31,33-35,38,64-66,70-71H,4-7,9-10,12-15,22-24,30,32,36-37,39-63H2,1-3H3,(H,75,76)(H,77,78)/b11-8-,19-16-,20-17-,21-18-,28-25-,29-26-,33-31-,34-27-,38-35-. The average Bonchev–Trinajstić information content (AvgIpc) is 3.68. The van der Waals surface area contributed by atoms with Crippen LogP contribution in [0.3, 0.4) is 0 Å². The number of hydrogen-bond acceptors (Lipinski definition) is 14. The molecule has 0 aliphatic rings. The first-order chi connectivity index (χ1) is 42.2. The normalized spacial score (nSPS) is 15.0. The molecule has 5 atom stereocenters. The van der Waals surface area contributed by atoms with Crippen LogP contribution in [0.25, 0.3) is 0 Å². The van der Waals surface area contributed by atoms with Gasteiger partial charge in [-0.15, -0.1) is 0 Å². The van der Waals surface area contributed by atoms with Crippen LogP contribution < -0.4 is 0 Å². The molecule has 0 aromatic carbocycles. The summed E-state index contributed by atoms with van der Waals surface area (Å²) in [6.45, 7) is 2.42. The smallest absolute Gasteiger partial charge is 0.463 e. The monoisotopic (exact) mass is 1260 g/mol. The number of esters is 3. The highest BCUT2D eigenvalue weighted by molar-refractivity contribution is 7.47. The van der Waals surface area contributed by atoms with E-state index in [4.69, 9.17) is 32.3 Å². The summed E-state index contributed by atoms with van der Waals surface area (Å²) in [6.07, 6.45) is 68.5. The topological polar surface area (TPSA) is 231 Å². The van der Waals surface area contributed by atoms with Crippen LogP contribution in [-0.2, 0) is 55.8 Å². The minimum absolute atomic E-state index is 0.0801. The molecule has 0 amide bonds. The fourth-order valence-corrected chi connectivity index (χ4v) is 9.95. The second-order valence-electron chi connectivity index (χ2n) is 21.9. The van der Waals surface area contributed by atoms with Crippen molar-refractivity contribution in [3.63, 3.8) is 0 Å². The third kappa shape index (κ3) is 63.6. The zero-order valence-corrected chi connectivity index (χ0v) is 55.7. The van der Waals surface area contributed by atoms with E-state index in [1.807, 2.05) is 0 Å². The number of aliphatic hydroxyl groups is 2. The van der Waals surface area contributed by atoms with Gasteiger partial charge < -0.3 is 34.2 Å². The van der Waals surface area contributed by atoms with E-state index in [0.717, 1.165) is 148 Å². The van der Waals surface area contributed by atoms with Crippen molar-refractivity contribution < 1.29 is 75.8 Å². The second-order valence-corrected chi connectivity index (χ2v) is 24.8. The number of aliphatic hydroxyl groups excluding tert-OH is 2. The number of unbranched alkanes of at least 4 members (excludes halogenated alkanes) is 21. The first-order valence-corrected chi connectivity index (χ1v) is 36.2. The molecule has 0 spiro atoms. The Kier molecular flexibility index (Phi) is 59.7. The molecule has 0 aromatic rings. The van der Waals surface area contributed by atoms with Gasteiger partial charge in [-0.05, 0) is 128 Å². The summed E-state index contributed by atoms with van der Waals surface area (Å²) < 4.78 is 60.8. The zero-order chi connectivity index (χ0) is 63.8. The van der Waals surface area contributed by atoms with Crippen molar-refractivity contribution >= 4 is 33.6 Å². The maximum absolute atomic E-state index is 12.9. The molecule has 0 radical (unpaired) electrons. The number of carbonyl (C=O) groups excluding carboxylic acids is 3. The number of ether oxygens (including phenoxy) is 3. The van der Waals surface area contributed by atoms with Gasteiger partial charge in [-0.1, -0.05) is 214 Å². The highest BCUT2D eigenvalue weighted by Crippen LogP contribution is 2.45. The highest BCUT2D eigenvalue weighted by Gasteiger charge is 2.29. The molecule has 0 saturated heterocycles. The Morgan fingerprint density at radius 1 is 0.333 bits per heavy atom. The Labute approximate surface area is 526 Å². The third-order valence-corrected chi connectivity index (χ3v) is 15.4. The number of phosphoric ester groups is 2. The zero-order valence-electron chi connectivity index (χ0n) is 53.9. The lowest BCUT2D eigenvalue weighted by atomic mass is 10.1. The summed E-state index contributed by atoms with van der Waals surface area (Å²) in [4.78, 5) is 58.3. The Morgan fingerprint density at radius 2 is 0.609 bits per heavy atom. The van der Waals surface area contributed by atoms with Crippen LogP contribution in [0.1, 0.15) is 252 Å². The minimum Gasteiger partial charge on any atom is -0.463 e. The summed E-state index contributed by atoms with van der Waals surface area (Å²) >= 11 is 0. The number of rotatable bonds is 62. The van der Waals surface area contributed by atoms with Crippen molar-refractivity contribution in [2.45, 2.75) is 270 Å². The lowest BCUT2D eigenvalue weighted by molar-refractivity contribution is -0.161. The van der Waals surface area contributed by atoms with Gasteiger partial charge in [0.1, 0.15) is 25.4 Å². The predicted octanol–water partition coefficient (Wildman–Crippen LogP) is 18.1. The Bertz CT molecular complexity index is 2030. The number of hydrogen-bond donors (Lipinski definition) is 4. The van der Waals surface area contributed by atoms with Crippen molar-refractivity contribution in [1.82, 2.24) is 0 Å². The summed E-state index contributed by atoms with van der Waals surface area (Å²) in [5, 5.41) is 20.5. The lowest BCUT2D eigenvalue weighted by Crippen LogP contribution is -2.30. The van der Waals surface area contributed by atoms with Crippen LogP contribution in [0.15, 0.2) is 109 Å². The number of phosphoric acid groups is 2. The molecule has 0 heterocycles. The molecule has 87 heavy (non-hydrogen) atoms. The lowest BCUT2D eigenvalue weighted by Gasteiger charge is -2.21. The molecule has 5 unspecified atom stereocenters. The molecule has 0 aromatic heterocycles. The SMILES string of the molecule is CC/C=C\C/C=C\C/C=C\C/C=C\CCCCCCC(=O)OCC(COP(=O)(O)OCC(O)COP(=O)(O)OCC(O)COC(=O)CCCCCCCC/C=C\C/C=C\C/C=C\CCCCC)OC(=O)CCCCCCC/C=C\C/C=C\CCCCC. The van der Waals surface area contributed by atoms with Crippen LogP contribution in [0.4, 0.5) is 0 Å². The molecule has 0 aliphatic heterocycles. The molecule has 18 heteroatoms. The van der Waals surface area contributed by atoms with Crippen LogP contribution in [0, 0.1) is 0 Å². The van der Waals surface area contributed by atoms with Gasteiger partial charge in [-0.25, -0.2) is 9.13 Å². The summed E-state index contributed by atoms with van der Waals surface area (Å²) in [5.41, 5.74) is 0. The van der Waals surface area contributed by atoms with E-state index in [0.29, 0.717) is 19.3 Å². The fourth-order valence-electron chi connectivity index (χ4n) is 8.36. The van der Waals surface area contributed by atoms with Crippen molar-refractivity contribution in [3.8, 4) is 0 Å².